The second kappa shape index (κ2) is 12.5. The molecule has 0 atom stereocenters. The van der Waals surface area contributed by atoms with Crippen LogP contribution in [0.1, 0.15) is 45.5 Å². The number of para-hydroxylation sites is 1. The van der Waals surface area contributed by atoms with Gasteiger partial charge in [-0.15, -0.1) is 24.8 Å². The first-order chi connectivity index (χ1) is 13.6. The molecule has 2 aromatic rings. The van der Waals surface area contributed by atoms with Gasteiger partial charge in [-0.3, -0.25) is 14.6 Å². The van der Waals surface area contributed by atoms with Gasteiger partial charge in [0, 0.05) is 31.0 Å². The number of piperidine rings is 1. The molecule has 2 amide bonds. The van der Waals surface area contributed by atoms with Crippen molar-refractivity contribution in [1.82, 2.24) is 15.2 Å². The first-order valence-corrected chi connectivity index (χ1v) is 9.85. The van der Waals surface area contributed by atoms with Crippen molar-refractivity contribution in [3.05, 3.63) is 59.4 Å². The number of nitrogens with one attached hydrogen (secondary N) is 2. The molecule has 0 spiro atoms. The minimum Gasteiger partial charge on any atom is -0.339 e. The van der Waals surface area contributed by atoms with Crippen LogP contribution in [-0.2, 0) is 0 Å². The third-order valence-corrected chi connectivity index (χ3v) is 5.39. The summed E-state index contributed by atoms with van der Waals surface area (Å²) in [5.74, 6) is 0.414. The molecule has 1 aromatic carbocycles. The van der Waals surface area contributed by atoms with Gasteiger partial charge in [-0.25, -0.2) is 0 Å². The molecule has 0 radical (unpaired) electrons. The van der Waals surface area contributed by atoms with Crippen molar-refractivity contribution >= 4 is 42.3 Å². The molecule has 0 unspecified atom stereocenters. The van der Waals surface area contributed by atoms with E-state index in [9.17, 15) is 9.59 Å². The van der Waals surface area contributed by atoms with Crippen molar-refractivity contribution in [2.45, 2.75) is 26.2 Å². The number of anilines is 1. The summed E-state index contributed by atoms with van der Waals surface area (Å²) in [6.07, 6.45) is 6.36. The molecule has 0 aliphatic carbocycles. The Morgan fingerprint density at radius 3 is 2.40 bits per heavy atom. The van der Waals surface area contributed by atoms with E-state index in [1.54, 1.807) is 30.6 Å². The fraction of sp³-hybridized carbons (Fsp3) is 0.409. The van der Waals surface area contributed by atoms with E-state index in [1.165, 1.54) is 0 Å². The molecule has 1 saturated heterocycles. The van der Waals surface area contributed by atoms with Crippen molar-refractivity contribution in [2.75, 3.05) is 32.0 Å². The van der Waals surface area contributed by atoms with Crippen molar-refractivity contribution in [2.24, 2.45) is 5.92 Å². The van der Waals surface area contributed by atoms with E-state index >= 15 is 0 Å². The lowest BCUT2D eigenvalue weighted by Crippen LogP contribution is -2.39. The summed E-state index contributed by atoms with van der Waals surface area (Å²) < 4.78 is 0. The summed E-state index contributed by atoms with van der Waals surface area (Å²) in [5, 5.41) is 6.12. The Bertz CT molecular complexity index is 825. The van der Waals surface area contributed by atoms with Crippen LogP contribution in [0.4, 0.5) is 5.69 Å². The zero-order valence-electron chi connectivity index (χ0n) is 17.4. The average molecular weight is 453 g/mol. The lowest BCUT2D eigenvalue weighted by atomic mass is 9.93. The second-order valence-electron chi connectivity index (χ2n) is 7.32. The smallest absolute Gasteiger partial charge is 0.255 e. The Morgan fingerprint density at radius 2 is 1.77 bits per heavy atom. The number of hydrogen-bond donors (Lipinski definition) is 2. The molecule has 2 N–H and O–H groups in total. The molecule has 1 aliphatic heterocycles. The van der Waals surface area contributed by atoms with Gasteiger partial charge in [0.15, 0.2) is 0 Å². The van der Waals surface area contributed by atoms with Crippen molar-refractivity contribution in [1.29, 1.82) is 0 Å². The van der Waals surface area contributed by atoms with Crippen LogP contribution in [-0.4, -0.2) is 48.4 Å². The van der Waals surface area contributed by atoms with Gasteiger partial charge in [-0.1, -0.05) is 12.1 Å². The number of carbonyl (C=O) groups excluding carboxylic acids is 2. The highest BCUT2D eigenvalue weighted by atomic mass is 35.5. The van der Waals surface area contributed by atoms with Gasteiger partial charge in [0.05, 0.1) is 11.3 Å². The molecule has 30 heavy (non-hydrogen) atoms. The molecular weight excluding hydrogens is 423 g/mol. The highest BCUT2D eigenvalue weighted by Crippen LogP contribution is 2.26. The van der Waals surface area contributed by atoms with Gasteiger partial charge in [0.25, 0.3) is 11.8 Å². The van der Waals surface area contributed by atoms with E-state index in [4.69, 9.17) is 0 Å². The first-order valence-electron chi connectivity index (χ1n) is 9.85. The number of aryl methyl sites for hydroxylation is 1. The van der Waals surface area contributed by atoms with Crippen LogP contribution < -0.4 is 10.6 Å². The maximum atomic E-state index is 13.2. The summed E-state index contributed by atoms with van der Waals surface area (Å²) in [4.78, 5) is 31.6. The molecule has 0 bridgehead atoms. The van der Waals surface area contributed by atoms with Crippen LogP contribution in [0.5, 0.6) is 0 Å². The van der Waals surface area contributed by atoms with Crippen molar-refractivity contribution < 1.29 is 9.59 Å². The number of halogens is 2. The number of rotatable bonds is 6. The fourth-order valence-electron chi connectivity index (χ4n) is 3.64. The topological polar surface area (TPSA) is 74.3 Å². The number of likely N-dealkylation sites (tertiary alicyclic amines) is 1. The van der Waals surface area contributed by atoms with Crippen LogP contribution in [0.3, 0.4) is 0 Å². The van der Waals surface area contributed by atoms with E-state index in [-0.39, 0.29) is 36.6 Å². The van der Waals surface area contributed by atoms with Gasteiger partial charge < -0.3 is 15.5 Å². The van der Waals surface area contributed by atoms with Crippen molar-refractivity contribution in [3.8, 4) is 0 Å². The summed E-state index contributed by atoms with van der Waals surface area (Å²) in [6.45, 7) is 4.45. The SMILES string of the molecule is CNCCC1CCN(C(=O)c2cccc(C)c2NC(=O)c2ccncc2)CC1.Cl.Cl. The van der Waals surface area contributed by atoms with Crippen LogP contribution in [0, 0.1) is 12.8 Å². The lowest BCUT2D eigenvalue weighted by molar-refractivity contribution is 0.0688. The minimum absolute atomic E-state index is 0. The molecule has 8 heteroatoms. The second-order valence-corrected chi connectivity index (χ2v) is 7.32. The number of pyridine rings is 1. The molecule has 0 saturated carbocycles. The van der Waals surface area contributed by atoms with E-state index < -0.39 is 0 Å². The molecule has 164 valence electrons. The summed E-state index contributed by atoms with van der Waals surface area (Å²) in [7, 11) is 1.97. The van der Waals surface area contributed by atoms with E-state index in [1.807, 2.05) is 31.0 Å². The highest BCUT2D eigenvalue weighted by Gasteiger charge is 2.25. The van der Waals surface area contributed by atoms with Crippen LogP contribution in [0.2, 0.25) is 0 Å². The number of nitrogens with zero attached hydrogens (tertiary/aromatic N) is 2. The van der Waals surface area contributed by atoms with Crippen LogP contribution in [0.25, 0.3) is 0 Å². The van der Waals surface area contributed by atoms with Crippen LogP contribution >= 0.6 is 24.8 Å². The normalized spacial score (nSPS) is 13.7. The maximum Gasteiger partial charge on any atom is 0.255 e. The number of carbonyl (C=O) groups is 2. The molecule has 1 aromatic heterocycles. The number of aromatic nitrogens is 1. The largest absolute Gasteiger partial charge is 0.339 e. The molecule has 3 rings (SSSR count). The van der Waals surface area contributed by atoms with Gasteiger partial charge in [-0.05, 0) is 69.5 Å². The van der Waals surface area contributed by atoms with E-state index in [2.05, 4.69) is 15.6 Å². The summed E-state index contributed by atoms with van der Waals surface area (Å²) >= 11 is 0. The van der Waals surface area contributed by atoms with E-state index in [0.717, 1.165) is 44.5 Å². The highest BCUT2D eigenvalue weighted by molar-refractivity contribution is 6.09. The fourth-order valence-corrected chi connectivity index (χ4v) is 3.64. The monoisotopic (exact) mass is 452 g/mol. The predicted molar refractivity (Wildman–Crippen MR) is 125 cm³/mol. The summed E-state index contributed by atoms with van der Waals surface area (Å²) in [6, 6.07) is 8.88. The lowest BCUT2D eigenvalue weighted by Gasteiger charge is -2.32. The van der Waals surface area contributed by atoms with Crippen molar-refractivity contribution in [3.63, 3.8) is 0 Å². The number of benzene rings is 1. The Morgan fingerprint density at radius 1 is 1.10 bits per heavy atom. The summed E-state index contributed by atoms with van der Waals surface area (Å²) in [5.41, 5.74) is 2.53. The Hall–Kier alpha value is -2.15. The molecule has 1 fully saturated rings. The molecular formula is C22H30Cl2N4O2. The van der Waals surface area contributed by atoms with Crippen LogP contribution in [0.15, 0.2) is 42.7 Å². The first kappa shape index (κ1) is 25.9. The number of amides is 2. The maximum absolute atomic E-state index is 13.2. The third-order valence-electron chi connectivity index (χ3n) is 5.39. The number of hydrogen-bond acceptors (Lipinski definition) is 4. The quantitative estimate of drug-likeness (QED) is 0.695. The van der Waals surface area contributed by atoms with Gasteiger partial charge >= 0.3 is 0 Å². The standard InChI is InChI=1S/C22H28N4O2.2ClH/c1-16-4-3-5-19(20(16)25-21(27)18-7-12-24-13-8-18)22(28)26-14-9-17(10-15-26)6-11-23-2;;/h3-5,7-8,12-13,17,23H,6,9-11,14-15H2,1-2H3,(H,25,27);2*1H. The van der Waals surface area contributed by atoms with Gasteiger partial charge in [-0.2, -0.15) is 0 Å². The average Bonchev–Trinajstić information content (AvgIpc) is 2.74. The third kappa shape index (κ3) is 6.42. The molecule has 6 nitrogen and oxygen atoms in total. The Balaban J connectivity index is 0.00000225. The van der Waals surface area contributed by atoms with Gasteiger partial charge in [0.1, 0.15) is 0 Å². The minimum atomic E-state index is -0.239. The van der Waals surface area contributed by atoms with Gasteiger partial charge in [0.2, 0.25) is 0 Å². The molecule has 2 heterocycles. The molecule has 1 aliphatic rings. The Kier molecular flexibility index (Phi) is 10.8. The Labute approximate surface area is 190 Å². The predicted octanol–water partition coefficient (Wildman–Crippen LogP) is 3.95. The van der Waals surface area contributed by atoms with E-state index in [0.29, 0.717) is 22.7 Å². The zero-order valence-corrected chi connectivity index (χ0v) is 19.0. The zero-order chi connectivity index (χ0) is 19.9.